The Bertz CT molecular complexity index is 1300. The molecule has 0 saturated heterocycles. The molecule has 0 fully saturated rings. The Morgan fingerprint density at radius 2 is 1.75 bits per heavy atom. The van der Waals surface area contributed by atoms with Crippen LogP contribution in [0.5, 0.6) is 0 Å². The number of amides is 2. The van der Waals surface area contributed by atoms with Gasteiger partial charge in [-0.3, -0.25) is 14.3 Å². The molecule has 4 N–H and O–H groups in total. The second-order valence-electron chi connectivity index (χ2n) is 7.37. The first-order valence-electron chi connectivity index (χ1n) is 9.89. The first kappa shape index (κ1) is 22.0. The SMILES string of the molecule is NC(=O)c1c(NC(=O)c2cccc(NS(=O)(=O)c3ccc(F)cc3)c2)sc2c1CCCC2. The first-order chi connectivity index (χ1) is 15.2. The monoisotopic (exact) mass is 473 g/mol. The quantitative estimate of drug-likeness (QED) is 0.503. The molecular formula is C22H20FN3O4S2. The lowest BCUT2D eigenvalue weighted by Gasteiger charge is -2.11. The number of thiophene rings is 1. The van der Waals surface area contributed by atoms with Gasteiger partial charge in [-0.05, 0) is 73.7 Å². The van der Waals surface area contributed by atoms with Gasteiger partial charge in [-0.25, -0.2) is 12.8 Å². The minimum atomic E-state index is -3.96. The third-order valence-electron chi connectivity index (χ3n) is 5.15. The average molecular weight is 474 g/mol. The summed E-state index contributed by atoms with van der Waals surface area (Å²) < 4.78 is 40.5. The molecule has 0 spiro atoms. The van der Waals surface area contributed by atoms with Crippen LogP contribution in [0.1, 0.15) is 44.0 Å². The molecule has 166 valence electrons. The number of nitrogens with two attached hydrogens (primary N) is 1. The van der Waals surface area contributed by atoms with Gasteiger partial charge in [0.25, 0.3) is 21.8 Å². The molecule has 1 aliphatic carbocycles. The molecule has 1 aliphatic rings. The fourth-order valence-electron chi connectivity index (χ4n) is 3.64. The summed E-state index contributed by atoms with van der Waals surface area (Å²) in [6, 6.07) is 10.3. The largest absolute Gasteiger partial charge is 0.365 e. The van der Waals surface area contributed by atoms with E-state index in [0.717, 1.165) is 60.4 Å². The van der Waals surface area contributed by atoms with Crippen LogP contribution >= 0.6 is 11.3 Å². The van der Waals surface area contributed by atoms with E-state index < -0.39 is 27.7 Å². The summed E-state index contributed by atoms with van der Waals surface area (Å²) in [5.74, 6) is -1.62. The molecule has 2 amide bonds. The van der Waals surface area contributed by atoms with Crippen molar-refractivity contribution in [2.45, 2.75) is 30.6 Å². The lowest BCUT2D eigenvalue weighted by molar-refractivity contribution is 0.100. The van der Waals surface area contributed by atoms with Crippen molar-refractivity contribution in [2.75, 3.05) is 10.0 Å². The Kier molecular flexibility index (Phi) is 5.98. The van der Waals surface area contributed by atoms with E-state index in [-0.39, 0.29) is 16.1 Å². The number of anilines is 2. The second kappa shape index (κ2) is 8.71. The van der Waals surface area contributed by atoms with Gasteiger partial charge in [0.2, 0.25) is 0 Å². The van der Waals surface area contributed by atoms with Crippen molar-refractivity contribution in [1.82, 2.24) is 0 Å². The van der Waals surface area contributed by atoms with Gasteiger partial charge in [-0.15, -0.1) is 11.3 Å². The highest BCUT2D eigenvalue weighted by Crippen LogP contribution is 2.38. The highest BCUT2D eigenvalue weighted by molar-refractivity contribution is 7.92. The highest BCUT2D eigenvalue weighted by Gasteiger charge is 2.25. The number of primary amides is 1. The van der Waals surface area contributed by atoms with E-state index in [4.69, 9.17) is 5.73 Å². The van der Waals surface area contributed by atoms with Crippen LogP contribution < -0.4 is 15.8 Å². The van der Waals surface area contributed by atoms with E-state index in [1.165, 1.54) is 35.6 Å². The number of halogens is 1. The fraction of sp³-hybridized carbons (Fsp3) is 0.182. The molecule has 1 heterocycles. The van der Waals surface area contributed by atoms with Gasteiger partial charge in [0.15, 0.2) is 0 Å². The second-order valence-corrected chi connectivity index (χ2v) is 10.2. The zero-order chi connectivity index (χ0) is 22.9. The standard InChI is InChI=1S/C22H20FN3O4S2/c23-14-8-10-16(11-9-14)32(29,30)26-15-5-3-4-13(12-15)21(28)25-22-19(20(24)27)17-6-1-2-7-18(17)31-22/h3-5,8-12,26H,1-2,6-7H2,(H2,24,27)(H,25,28). The number of carbonyl (C=O) groups is 2. The van der Waals surface area contributed by atoms with E-state index in [1.807, 2.05) is 0 Å². The number of sulfonamides is 1. The van der Waals surface area contributed by atoms with Gasteiger partial charge in [0.05, 0.1) is 10.5 Å². The third-order valence-corrected chi connectivity index (χ3v) is 7.75. The lowest BCUT2D eigenvalue weighted by atomic mass is 9.95. The predicted octanol–water partition coefficient (Wildman–Crippen LogP) is 3.92. The lowest BCUT2D eigenvalue weighted by Crippen LogP contribution is -2.19. The van der Waals surface area contributed by atoms with Crippen molar-refractivity contribution in [3.05, 3.63) is 75.9 Å². The van der Waals surface area contributed by atoms with Crippen LogP contribution in [0.4, 0.5) is 15.1 Å². The predicted molar refractivity (Wildman–Crippen MR) is 121 cm³/mol. The number of hydrogen-bond donors (Lipinski definition) is 3. The number of nitrogens with one attached hydrogen (secondary N) is 2. The van der Waals surface area contributed by atoms with Gasteiger partial charge in [-0.1, -0.05) is 6.07 Å². The number of hydrogen-bond acceptors (Lipinski definition) is 5. The molecule has 0 bridgehead atoms. The van der Waals surface area contributed by atoms with Crippen molar-refractivity contribution in [1.29, 1.82) is 0 Å². The Morgan fingerprint density at radius 3 is 2.47 bits per heavy atom. The van der Waals surface area contributed by atoms with Gasteiger partial charge in [0.1, 0.15) is 10.8 Å². The maximum Gasteiger partial charge on any atom is 0.261 e. The summed E-state index contributed by atoms with van der Waals surface area (Å²) in [6.45, 7) is 0. The zero-order valence-corrected chi connectivity index (χ0v) is 18.5. The van der Waals surface area contributed by atoms with E-state index in [9.17, 15) is 22.4 Å². The number of aryl methyl sites for hydroxylation is 1. The number of rotatable bonds is 6. The first-order valence-corrected chi connectivity index (χ1v) is 12.2. The van der Waals surface area contributed by atoms with Gasteiger partial charge in [0, 0.05) is 16.1 Å². The Hall–Kier alpha value is -3.24. The van der Waals surface area contributed by atoms with Crippen LogP contribution in [-0.4, -0.2) is 20.2 Å². The topological polar surface area (TPSA) is 118 Å². The molecule has 0 radical (unpaired) electrons. The van der Waals surface area contributed by atoms with E-state index >= 15 is 0 Å². The molecule has 4 rings (SSSR count). The molecule has 0 unspecified atom stereocenters. The smallest absolute Gasteiger partial charge is 0.261 e. The zero-order valence-electron chi connectivity index (χ0n) is 16.9. The summed E-state index contributed by atoms with van der Waals surface area (Å²) in [7, 11) is -3.96. The number of benzene rings is 2. The third kappa shape index (κ3) is 4.51. The summed E-state index contributed by atoms with van der Waals surface area (Å²) in [4.78, 5) is 25.8. The van der Waals surface area contributed by atoms with Crippen molar-refractivity contribution in [3.8, 4) is 0 Å². The van der Waals surface area contributed by atoms with Gasteiger partial charge < -0.3 is 11.1 Å². The molecule has 0 aliphatic heterocycles. The van der Waals surface area contributed by atoms with Crippen molar-refractivity contribution >= 4 is 43.9 Å². The molecule has 0 saturated carbocycles. The normalized spacial score (nSPS) is 13.3. The molecule has 3 aromatic rings. The summed E-state index contributed by atoms with van der Waals surface area (Å²) in [5, 5.41) is 3.16. The minimum Gasteiger partial charge on any atom is -0.365 e. The van der Waals surface area contributed by atoms with Crippen LogP contribution in [0.2, 0.25) is 0 Å². The van der Waals surface area contributed by atoms with Crippen LogP contribution in [0.25, 0.3) is 0 Å². The highest BCUT2D eigenvalue weighted by atomic mass is 32.2. The Balaban J connectivity index is 1.56. The van der Waals surface area contributed by atoms with E-state index in [0.29, 0.717) is 10.6 Å². The maximum atomic E-state index is 13.1. The molecule has 1 aromatic heterocycles. The summed E-state index contributed by atoms with van der Waals surface area (Å²) >= 11 is 1.35. The van der Waals surface area contributed by atoms with E-state index in [1.54, 1.807) is 0 Å². The number of fused-ring (bicyclic) bond motifs is 1. The minimum absolute atomic E-state index is 0.107. The molecule has 32 heavy (non-hydrogen) atoms. The van der Waals surface area contributed by atoms with Crippen LogP contribution in [-0.2, 0) is 22.9 Å². The van der Waals surface area contributed by atoms with Crippen molar-refractivity contribution in [2.24, 2.45) is 5.73 Å². The molecule has 2 aromatic carbocycles. The number of carbonyl (C=O) groups excluding carboxylic acids is 2. The average Bonchev–Trinajstić information content (AvgIpc) is 3.12. The molecule has 0 atom stereocenters. The Labute approximate surface area is 188 Å². The molecule has 7 nitrogen and oxygen atoms in total. The Morgan fingerprint density at radius 1 is 1.03 bits per heavy atom. The van der Waals surface area contributed by atoms with Crippen molar-refractivity contribution in [3.63, 3.8) is 0 Å². The molecule has 10 heteroatoms. The van der Waals surface area contributed by atoms with Crippen LogP contribution in [0, 0.1) is 5.82 Å². The molecular weight excluding hydrogens is 453 g/mol. The summed E-state index contributed by atoms with van der Waals surface area (Å²) in [6.07, 6.45) is 3.58. The van der Waals surface area contributed by atoms with Crippen LogP contribution in [0.15, 0.2) is 53.4 Å². The van der Waals surface area contributed by atoms with Crippen LogP contribution in [0.3, 0.4) is 0 Å². The van der Waals surface area contributed by atoms with E-state index in [2.05, 4.69) is 10.0 Å². The van der Waals surface area contributed by atoms with Gasteiger partial charge >= 0.3 is 0 Å². The van der Waals surface area contributed by atoms with Gasteiger partial charge in [-0.2, -0.15) is 0 Å². The summed E-state index contributed by atoms with van der Waals surface area (Å²) in [5.41, 5.74) is 7.20. The maximum absolute atomic E-state index is 13.1. The fourth-order valence-corrected chi connectivity index (χ4v) is 5.98. The van der Waals surface area contributed by atoms with Crippen molar-refractivity contribution < 1.29 is 22.4 Å².